The fraction of sp³-hybridized carbons (Fsp3) is 0.583. The summed E-state index contributed by atoms with van der Waals surface area (Å²) in [4.78, 5) is 19.4. The Bertz CT molecular complexity index is 396. The minimum atomic E-state index is 0.0702. The van der Waals surface area contributed by atoms with Gasteiger partial charge in [0.05, 0.1) is 6.54 Å². The van der Waals surface area contributed by atoms with Crippen molar-refractivity contribution in [2.24, 2.45) is 0 Å². The summed E-state index contributed by atoms with van der Waals surface area (Å²) in [6.07, 6.45) is 0.912. The molecule has 2 N–H and O–H groups in total. The number of nitrogens with one attached hydrogen (secondary N) is 2. The number of anilines is 2. The first-order valence-electron chi connectivity index (χ1n) is 5.93. The molecular formula is C12H20N4O2. The van der Waals surface area contributed by atoms with Gasteiger partial charge in [-0.1, -0.05) is 0 Å². The molecule has 0 aliphatic heterocycles. The van der Waals surface area contributed by atoms with E-state index in [4.69, 9.17) is 4.74 Å². The number of rotatable bonds is 8. The fourth-order valence-corrected chi connectivity index (χ4v) is 1.40. The molecule has 0 bridgehead atoms. The first-order chi connectivity index (χ1) is 8.61. The Morgan fingerprint density at radius 1 is 1.33 bits per heavy atom. The summed E-state index contributed by atoms with van der Waals surface area (Å²) in [5.41, 5.74) is 0. The van der Waals surface area contributed by atoms with Crippen LogP contribution in [0.25, 0.3) is 0 Å². The van der Waals surface area contributed by atoms with Crippen molar-refractivity contribution in [2.75, 3.05) is 37.4 Å². The van der Waals surface area contributed by atoms with E-state index in [1.54, 1.807) is 13.2 Å². The van der Waals surface area contributed by atoms with Crippen LogP contribution in [0.2, 0.25) is 0 Å². The second-order valence-electron chi connectivity index (χ2n) is 4.01. The lowest BCUT2D eigenvalue weighted by Crippen LogP contribution is -2.13. The van der Waals surface area contributed by atoms with Gasteiger partial charge in [0, 0.05) is 26.3 Å². The molecule has 0 fully saturated rings. The lowest BCUT2D eigenvalue weighted by molar-refractivity contribution is -0.115. The standard InChI is InChI=1S/C12H20N4O2/c1-9(17)8-14-12-7-11(15-10(2)16-12)13-5-4-6-18-3/h7H,4-6,8H2,1-3H3,(H2,13,14,15,16). The molecule has 0 aromatic carbocycles. The van der Waals surface area contributed by atoms with Crippen molar-refractivity contribution in [2.45, 2.75) is 20.3 Å². The van der Waals surface area contributed by atoms with Gasteiger partial charge in [-0.15, -0.1) is 0 Å². The van der Waals surface area contributed by atoms with Gasteiger partial charge in [-0.25, -0.2) is 9.97 Å². The van der Waals surface area contributed by atoms with Crippen LogP contribution in [-0.2, 0) is 9.53 Å². The van der Waals surface area contributed by atoms with Crippen molar-refractivity contribution >= 4 is 17.4 Å². The van der Waals surface area contributed by atoms with Gasteiger partial charge in [0.15, 0.2) is 0 Å². The normalized spacial score (nSPS) is 10.2. The van der Waals surface area contributed by atoms with Crippen molar-refractivity contribution in [3.05, 3.63) is 11.9 Å². The number of aryl methyl sites for hydroxylation is 1. The van der Waals surface area contributed by atoms with Crippen LogP contribution < -0.4 is 10.6 Å². The highest BCUT2D eigenvalue weighted by Gasteiger charge is 2.02. The molecule has 0 unspecified atom stereocenters. The van der Waals surface area contributed by atoms with Crippen molar-refractivity contribution in [1.82, 2.24) is 9.97 Å². The topological polar surface area (TPSA) is 76.1 Å². The molecule has 0 saturated heterocycles. The molecule has 6 nitrogen and oxygen atoms in total. The largest absolute Gasteiger partial charge is 0.385 e. The zero-order valence-electron chi connectivity index (χ0n) is 11.1. The number of ether oxygens (including phenoxy) is 1. The summed E-state index contributed by atoms with van der Waals surface area (Å²) < 4.78 is 4.97. The number of hydrogen-bond acceptors (Lipinski definition) is 6. The average molecular weight is 252 g/mol. The molecule has 1 aromatic rings. The number of carbonyl (C=O) groups is 1. The zero-order valence-corrected chi connectivity index (χ0v) is 11.1. The van der Waals surface area contributed by atoms with Gasteiger partial charge >= 0.3 is 0 Å². The molecule has 1 heterocycles. The number of aromatic nitrogens is 2. The number of nitrogens with zero attached hydrogens (tertiary/aromatic N) is 2. The molecule has 0 spiro atoms. The van der Waals surface area contributed by atoms with Crippen molar-refractivity contribution in [3.63, 3.8) is 0 Å². The van der Waals surface area contributed by atoms with Crippen LogP contribution in [0.3, 0.4) is 0 Å². The molecule has 18 heavy (non-hydrogen) atoms. The molecular weight excluding hydrogens is 232 g/mol. The number of carbonyl (C=O) groups excluding carboxylic acids is 1. The molecule has 100 valence electrons. The SMILES string of the molecule is COCCCNc1cc(NCC(C)=O)nc(C)n1. The quantitative estimate of drug-likeness (QED) is 0.678. The Kier molecular flexibility index (Phi) is 6.07. The van der Waals surface area contributed by atoms with E-state index < -0.39 is 0 Å². The Labute approximate surface area is 107 Å². The van der Waals surface area contributed by atoms with Gasteiger partial charge in [-0.2, -0.15) is 0 Å². The number of methoxy groups -OCH3 is 1. The third-order valence-electron chi connectivity index (χ3n) is 2.19. The van der Waals surface area contributed by atoms with E-state index in [0.29, 0.717) is 18.2 Å². The maximum Gasteiger partial charge on any atom is 0.148 e. The highest BCUT2D eigenvalue weighted by atomic mass is 16.5. The van der Waals surface area contributed by atoms with E-state index in [1.807, 2.05) is 6.92 Å². The molecule has 0 amide bonds. The average Bonchev–Trinajstić information content (AvgIpc) is 2.32. The van der Waals surface area contributed by atoms with E-state index in [1.165, 1.54) is 6.92 Å². The second-order valence-corrected chi connectivity index (χ2v) is 4.01. The van der Waals surface area contributed by atoms with Gasteiger partial charge in [-0.05, 0) is 20.3 Å². The van der Waals surface area contributed by atoms with E-state index in [-0.39, 0.29) is 12.3 Å². The van der Waals surface area contributed by atoms with Crippen LogP contribution in [0, 0.1) is 6.92 Å². The molecule has 0 aliphatic rings. The highest BCUT2D eigenvalue weighted by molar-refractivity contribution is 5.80. The summed E-state index contributed by atoms with van der Waals surface area (Å²) in [6.45, 7) is 5.13. The van der Waals surface area contributed by atoms with Crippen molar-refractivity contribution in [3.8, 4) is 0 Å². The Morgan fingerprint density at radius 3 is 2.61 bits per heavy atom. The molecule has 0 radical (unpaired) electrons. The molecule has 0 atom stereocenters. The van der Waals surface area contributed by atoms with Crippen LogP contribution in [0.1, 0.15) is 19.2 Å². The van der Waals surface area contributed by atoms with Crippen LogP contribution in [-0.4, -0.2) is 42.6 Å². The Hall–Kier alpha value is -1.69. The van der Waals surface area contributed by atoms with E-state index in [0.717, 1.165) is 18.8 Å². The maximum absolute atomic E-state index is 10.9. The van der Waals surface area contributed by atoms with Crippen LogP contribution in [0.5, 0.6) is 0 Å². The predicted molar refractivity (Wildman–Crippen MR) is 70.9 cm³/mol. The Balaban J connectivity index is 2.54. The number of Topliss-reactive ketones (excluding diaryl/α,β-unsaturated/α-hetero) is 1. The monoisotopic (exact) mass is 252 g/mol. The first-order valence-corrected chi connectivity index (χ1v) is 5.93. The van der Waals surface area contributed by atoms with Gasteiger partial charge in [0.1, 0.15) is 23.2 Å². The minimum Gasteiger partial charge on any atom is -0.385 e. The summed E-state index contributed by atoms with van der Waals surface area (Å²) in [6, 6.07) is 1.79. The molecule has 6 heteroatoms. The van der Waals surface area contributed by atoms with Crippen LogP contribution in [0.15, 0.2) is 6.07 Å². The lowest BCUT2D eigenvalue weighted by Gasteiger charge is -2.09. The van der Waals surface area contributed by atoms with Crippen molar-refractivity contribution < 1.29 is 9.53 Å². The highest BCUT2D eigenvalue weighted by Crippen LogP contribution is 2.10. The number of hydrogen-bond donors (Lipinski definition) is 2. The first kappa shape index (κ1) is 14.4. The maximum atomic E-state index is 10.9. The molecule has 0 saturated carbocycles. The summed E-state index contributed by atoms with van der Waals surface area (Å²) >= 11 is 0. The predicted octanol–water partition coefficient (Wildman–Crippen LogP) is 1.23. The van der Waals surface area contributed by atoms with Gasteiger partial charge in [-0.3, -0.25) is 4.79 Å². The second kappa shape index (κ2) is 7.60. The summed E-state index contributed by atoms with van der Waals surface area (Å²) in [7, 11) is 1.68. The lowest BCUT2D eigenvalue weighted by atomic mass is 10.4. The van der Waals surface area contributed by atoms with E-state index in [2.05, 4.69) is 20.6 Å². The molecule has 1 rings (SSSR count). The third-order valence-corrected chi connectivity index (χ3v) is 2.19. The minimum absolute atomic E-state index is 0.0702. The van der Waals surface area contributed by atoms with Crippen LogP contribution >= 0.6 is 0 Å². The van der Waals surface area contributed by atoms with E-state index in [9.17, 15) is 4.79 Å². The smallest absolute Gasteiger partial charge is 0.148 e. The molecule has 1 aromatic heterocycles. The van der Waals surface area contributed by atoms with Gasteiger partial charge < -0.3 is 15.4 Å². The van der Waals surface area contributed by atoms with Gasteiger partial charge in [0.25, 0.3) is 0 Å². The van der Waals surface area contributed by atoms with Crippen molar-refractivity contribution in [1.29, 1.82) is 0 Å². The molecule has 0 aliphatic carbocycles. The zero-order chi connectivity index (χ0) is 13.4. The van der Waals surface area contributed by atoms with E-state index >= 15 is 0 Å². The van der Waals surface area contributed by atoms with Crippen LogP contribution in [0.4, 0.5) is 11.6 Å². The summed E-state index contributed by atoms with van der Waals surface area (Å²) in [5.74, 6) is 2.15. The summed E-state index contributed by atoms with van der Waals surface area (Å²) in [5, 5.41) is 6.15. The number of ketones is 1. The Morgan fingerprint density at radius 2 is 2.00 bits per heavy atom. The fourth-order valence-electron chi connectivity index (χ4n) is 1.40. The third kappa shape index (κ3) is 5.58. The van der Waals surface area contributed by atoms with Gasteiger partial charge in [0.2, 0.25) is 0 Å².